The van der Waals surface area contributed by atoms with Crippen molar-refractivity contribution in [2.75, 3.05) is 11.1 Å². The van der Waals surface area contributed by atoms with Gasteiger partial charge in [0.15, 0.2) is 0 Å². The van der Waals surface area contributed by atoms with Crippen molar-refractivity contribution < 1.29 is 0 Å². The van der Waals surface area contributed by atoms with Crippen LogP contribution in [0.5, 0.6) is 0 Å². The molecule has 0 aliphatic carbocycles. The number of hydrogen-bond donors (Lipinski definition) is 3. The molecule has 17 heavy (non-hydrogen) atoms. The summed E-state index contributed by atoms with van der Waals surface area (Å²) in [4.78, 5) is 1.18. The highest BCUT2D eigenvalue weighted by molar-refractivity contribution is 7.16. The van der Waals surface area contributed by atoms with Crippen LogP contribution in [0.1, 0.15) is 10.4 Å². The Morgan fingerprint density at radius 1 is 1.35 bits per heavy atom. The largest absolute Gasteiger partial charge is 0.399 e. The molecule has 0 aliphatic heterocycles. The summed E-state index contributed by atoms with van der Waals surface area (Å²) >= 11 is 1.64. The van der Waals surface area contributed by atoms with Gasteiger partial charge in [-0.2, -0.15) is 0 Å². The molecular weight excluding hydrogens is 230 g/mol. The van der Waals surface area contributed by atoms with Crippen molar-refractivity contribution in [1.82, 2.24) is 0 Å². The molecular formula is C13H15N3S. The number of benzene rings is 1. The summed E-state index contributed by atoms with van der Waals surface area (Å²) in [5.41, 5.74) is 14.8. The summed E-state index contributed by atoms with van der Waals surface area (Å²) in [5, 5.41) is 4.28. The van der Waals surface area contributed by atoms with Gasteiger partial charge in [0.25, 0.3) is 0 Å². The topological polar surface area (TPSA) is 64.1 Å². The van der Waals surface area contributed by atoms with Crippen LogP contribution in [0.3, 0.4) is 0 Å². The molecule has 0 unspecified atom stereocenters. The second-order valence-electron chi connectivity index (χ2n) is 3.84. The monoisotopic (exact) mass is 245 g/mol. The molecule has 88 valence electrons. The highest BCUT2D eigenvalue weighted by atomic mass is 32.1. The maximum Gasteiger partial charge on any atom is 0.102 e. The Bertz CT molecular complexity index is 558. The zero-order valence-corrected chi connectivity index (χ0v) is 10.5. The third-order valence-corrected chi connectivity index (χ3v) is 3.38. The summed E-state index contributed by atoms with van der Waals surface area (Å²) in [7, 11) is 0. The summed E-state index contributed by atoms with van der Waals surface area (Å²) in [5.74, 6) is 0. The Labute approximate surface area is 105 Å². The molecule has 0 radical (unpaired) electrons. The first-order valence-corrected chi connectivity index (χ1v) is 6.06. The molecule has 3 nitrogen and oxygen atoms in total. The van der Waals surface area contributed by atoms with E-state index in [0.717, 1.165) is 16.3 Å². The Morgan fingerprint density at radius 3 is 2.71 bits per heavy atom. The SMILES string of the molecule is C=C(N)c1cc(C)sc1Nc1ccccc1N. The fourth-order valence-corrected chi connectivity index (χ4v) is 2.54. The van der Waals surface area contributed by atoms with Gasteiger partial charge in [-0.05, 0) is 25.1 Å². The molecule has 0 atom stereocenters. The minimum Gasteiger partial charge on any atom is -0.399 e. The lowest BCUT2D eigenvalue weighted by atomic mass is 10.2. The van der Waals surface area contributed by atoms with Crippen molar-refractivity contribution in [1.29, 1.82) is 0 Å². The van der Waals surface area contributed by atoms with Gasteiger partial charge < -0.3 is 16.8 Å². The number of para-hydroxylation sites is 2. The molecule has 2 rings (SSSR count). The van der Waals surface area contributed by atoms with E-state index < -0.39 is 0 Å². The predicted octanol–water partition coefficient (Wildman–Crippen LogP) is 3.31. The van der Waals surface area contributed by atoms with Gasteiger partial charge in [-0.1, -0.05) is 18.7 Å². The van der Waals surface area contributed by atoms with Crippen molar-refractivity contribution in [3.8, 4) is 0 Å². The molecule has 0 bridgehead atoms. The zero-order chi connectivity index (χ0) is 12.4. The van der Waals surface area contributed by atoms with Gasteiger partial charge in [0.2, 0.25) is 0 Å². The average molecular weight is 245 g/mol. The van der Waals surface area contributed by atoms with E-state index in [9.17, 15) is 0 Å². The van der Waals surface area contributed by atoms with Crippen molar-refractivity contribution in [2.45, 2.75) is 6.92 Å². The number of nitrogens with two attached hydrogens (primary N) is 2. The van der Waals surface area contributed by atoms with E-state index in [1.165, 1.54) is 4.88 Å². The first-order chi connectivity index (χ1) is 8.08. The van der Waals surface area contributed by atoms with Crippen LogP contribution in [0.15, 0.2) is 36.9 Å². The van der Waals surface area contributed by atoms with E-state index in [1.807, 2.05) is 37.3 Å². The van der Waals surface area contributed by atoms with Gasteiger partial charge in [-0.15, -0.1) is 11.3 Å². The van der Waals surface area contributed by atoms with Crippen LogP contribution in [0.4, 0.5) is 16.4 Å². The van der Waals surface area contributed by atoms with Crippen LogP contribution < -0.4 is 16.8 Å². The van der Waals surface area contributed by atoms with Gasteiger partial charge in [0, 0.05) is 16.1 Å². The first kappa shape index (κ1) is 11.5. The van der Waals surface area contributed by atoms with E-state index in [0.29, 0.717) is 11.4 Å². The molecule has 4 heteroatoms. The van der Waals surface area contributed by atoms with Gasteiger partial charge in [-0.3, -0.25) is 0 Å². The number of hydrogen-bond acceptors (Lipinski definition) is 4. The molecule has 0 saturated carbocycles. The third kappa shape index (κ3) is 2.42. The van der Waals surface area contributed by atoms with Gasteiger partial charge in [0.05, 0.1) is 11.4 Å². The minimum atomic E-state index is 0.561. The Balaban J connectivity index is 2.36. The quantitative estimate of drug-likeness (QED) is 0.727. The molecule has 1 heterocycles. The highest BCUT2D eigenvalue weighted by Crippen LogP contribution is 2.34. The molecule has 0 spiro atoms. The Morgan fingerprint density at radius 2 is 2.06 bits per heavy atom. The fourth-order valence-electron chi connectivity index (χ4n) is 1.58. The number of rotatable bonds is 3. The van der Waals surface area contributed by atoms with Crippen LogP contribution in [0, 0.1) is 6.92 Å². The zero-order valence-electron chi connectivity index (χ0n) is 9.66. The predicted molar refractivity (Wildman–Crippen MR) is 76.4 cm³/mol. The van der Waals surface area contributed by atoms with Crippen molar-refractivity contribution >= 4 is 33.4 Å². The van der Waals surface area contributed by atoms with Crippen LogP contribution in [0.2, 0.25) is 0 Å². The molecule has 0 fully saturated rings. The molecule has 2 aromatic rings. The highest BCUT2D eigenvalue weighted by Gasteiger charge is 2.09. The lowest BCUT2D eigenvalue weighted by Gasteiger charge is -2.09. The summed E-state index contributed by atoms with van der Waals surface area (Å²) < 4.78 is 0. The summed E-state index contributed by atoms with van der Waals surface area (Å²) in [6, 6.07) is 9.67. The number of nitrogen functional groups attached to an aromatic ring is 1. The first-order valence-electron chi connectivity index (χ1n) is 5.24. The third-order valence-electron chi connectivity index (χ3n) is 2.41. The second kappa shape index (κ2) is 4.51. The smallest absolute Gasteiger partial charge is 0.102 e. The Kier molecular flexibility index (Phi) is 3.06. The van der Waals surface area contributed by atoms with E-state index in [2.05, 4.69) is 11.9 Å². The standard InChI is InChI=1S/C13H15N3S/c1-8-7-10(9(2)14)13(17-8)16-12-6-4-3-5-11(12)15/h3-7,16H,2,14-15H2,1H3. The van der Waals surface area contributed by atoms with Crippen LogP contribution >= 0.6 is 11.3 Å². The number of aryl methyl sites for hydroxylation is 1. The molecule has 0 amide bonds. The molecule has 5 N–H and O–H groups in total. The van der Waals surface area contributed by atoms with E-state index >= 15 is 0 Å². The minimum absolute atomic E-state index is 0.561. The molecule has 1 aromatic carbocycles. The van der Waals surface area contributed by atoms with Crippen LogP contribution in [-0.2, 0) is 0 Å². The van der Waals surface area contributed by atoms with Crippen LogP contribution in [0.25, 0.3) is 5.70 Å². The lowest BCUT2D eigenvalue weighted by molar-refractivity contribution is 1.52. The van der Waals surface area contributed by atoms with Crippen LogP contribution in [-0.4, -0.2) is 0 Å². The summed E-state index contributed by atoms with van der Waals surface area (Å²) in [6.07, 6.45) is 0. The average Bonchev–Trinajstić information content (AvgIpc) is 2.63. The maximum absolute atomic E-state index is 5.89. The molecule has 0 saturated heterocycles. The fraction of sp³-hybridized carbons (Fsp3) is 0.0769. The van der Waals surface area contributed by atoms with Crippen molar-refractivity contribution in [2.24, 2.45) is 5.73 Å². The van der Waals surface area contributed by atoms with Gasteiger partial charge >= 0.3 is 0 Å². The number of nitrogens with one attached hydrogen (secondary N) is 1. The summed E-state index contributed by atoms with van der Waals surface area (Å²) in [6.45, 7) is 5.81. The van der Waals surface area contributed by atoms with Crippen molar-refractivity contribution in [3.63, 3.8) is 0 Å². The number of anilines is 3. The van der Waals surface area contributed by atoms with E-state index in [-0.39, 0.29) is 0 Å². The lowest BCUT2D eigenvalue weighted by Crippen LogP contribution is -1.99. The number of thiophene rings is 1. The van der Waals surface area contributed by atoms with E-state index in [4.69, 9.17) is 11.5 Å². The normalized spacial score (nSPS) is 10.2. The van der Waals surface area contributed by atoms with Crippen molar-refractivity contribution in [3.05, 3.63) is 47.4 Å². The maximum atomic E-state index is 5.89. The van der Waals surface area contributed by atoms with Gasteiger partial charge in [0.1, 0.15) is 5.00 Å². The van der Waals surface area contributed by atoms with E-state index in [1.54, 1.807) is 11.3 Å². The Hall–Kier alpha value is -1.94. The molecule has 0 aliphatic rings. The van der Waals surface area contributed by atoms with Gasteiger partial charge in [-0.25, -0.2) is 0 Å². The molecule has 1 aromatic heterocycles. The second-order valence-corrected chi connectivity index (χ2v) is 5.09.